The molecule has 0 amide bonds. The Morgan fingerprint density at radius 3 is 2.58 bits per heavy atom. The highest BCUT2D eigenvalue weighted by Gasteiger charge is 2.14. The Balaban J connectivity index is 2.42. The van der Waals surface area contributed by atoms with E-state index in [2.05, 4.69) is 45.1 Å². The van der Waals surface area contributed by atoms with Crippen LogP contribution in [0.1, 0.15) is 38.1 Å². The van der Waals surface area contributed by atoms with Crippen molar-refractivity contribution < 1.29 is 0 Å². The van der Waals surface area contributed by atoms with Gasteiger partial charge in [-0.05, 0) is 41.5 Å². The van der Waals surface area contributed by atoms with Crippen molar-refractivity contribution in [2.45, 2.75) is 46.7 Å². The van der Waals surface area contributed by atoms with Gasteiger partial charge in [0.1, 0.15) is 0 Å². The molecule has 0 unspecified atom stereocenters. The van der Waals surface area contributed by atoms with Crippen LogP contribution in [0.25, 0.3) is 10.1 Å². The molecule has 2 rings (SSSR count). The lowest BCUT2D eigenvalue weighted by molar-refractivity contribution is 0.585. The molecule has 1 heterocycles. The van der Waals surface area contributed by atoms with Crippen molar-refractivity contribution in [2.75, 3.05) is 0 Å². The van der Waals surface area contributed by atoms with Gasteiger partial charge < -0.3 is 5.32 Å². The number of thiophene rings is 1. The maximum absolute atomic E-state index is 6.15. The summed E-state index contributed by atoms with van der Waals surface area (Å²) in [4.78, 5) is 1.46. The smallest absolute Gasteiger partial charge is 0.0413 e. The topological polar surface area (TPSA) is 12.0 Å². The second-order valence-corrected chi connectivity index (χ2v) is 7.35. The zero-order valence-electron chi connectivity index (χ0n) is 12.1. The van der Waals surface area contributed by atoms with Gasteiger partial charge in [0.25, 0.3) is 0 Å². The van der Waals surface area contributed by atoms with Crippen molar-refractivity contribution in [3.05, 3.63) is 33.7 Å². The van der Waals surface area contributed by atoms with Crippen molar-refractivity contribution in [3.63, 3.8) is 0 Å². The highest BCUT2D eigenvalue weighted by atomic mass is 35.5. The summed E-state index contributed by atoms with van der Waals surface area (Å²) >= 11 is 8.05. The zero-order chi connectivity index (χ0) is 14.0. The van der Waals surface area contributed by atoms with Crippen molar-refractivity contribution in [3.8, 4) is 0 Å². The van der Waals surface area contributed by atoms with Gasteiger partial charge in [0.05, 0.1) is 0 Å². The highest BCUT2D eigenvalue weighted by Crippen LogP contribution is 2.34. The van der Waals surface area contributed by atoms with Crippen LogP contribution in [0, 0.1) is 5.92 Å². The molecule has 1 aromatic carbocycles. The minimum absolute atomic E-state index is 0.515. The molecule has 104 valence electrons. The van der Waals surface area contributed by atoms with Crippen LogP contribution in [0.3, 0.4) is 0 Å². The summed E-state index contributed by atoms with van der Waals surface area (Å²) in [5, 5.41) is 5.70. The minimum atomic E-state index is 0.515. The summed E-state index contributed by atoms with van der Waals surface area (Å²) in [6, 6.07) is 6.76. The molecule has 0 saturated carbocycles. The predicted molar refractivity (Wildman–Crippen MR) is 87.4 cm³/mol. The molecule has 0 aliphatic carbocycles. The average Bonchev–Trinajstić information content (AvgIpc) is 2.64. The molecule has 1 nitrogen and oxygen atoms in total. The van der Waals surface area contributed by atoms with Crippen molar-refractivity contribution >= 4 is 33.0 Å². The number of benzene rings is 1. The first-order valence-corrected chi connectivity index (χ1v) is 8.10. The van der Waals surface area contributed by atoms with Gasteiger partial charge in [-0.15, -0.1) is 11.3 Å². The Hall–Kier alpha value is -0.570. The average molecular weight is 296 g/mol. The summed E-state index contributed by atoms with van der Waals surface area (Å²) in [6.07, 6.45) is 1.12. The summed E-state index contributed by atoms with van der Waals surface area (Å²) < 4.78 is 1.35. The quantitative estimate of drug-likeness (QED) is 0.794. The minimum Gasteiger partial charge on any atom is -0.310 e. The Bertz CT molecular complexity index is 557. The van der Waals surface area contributed by atoms with Crippen LogP contribution < -0.4 is 5.32 Å². The lowest BCUT2D eigenvalue weighted by atomic mass is 10.00. The lowest BCUT2D eigenvalue weighted by Crippen LogP contribution is -2.21. The molecular formula is C16H22ClNS. The van der Waals surface area contributed by atoms with E-state index >= 15 is 0 Å². The molecule has 0 fully saturated rings. The lowest BCUT2D eigenvalue weighted by Gasteiger charge is -2.10. The Labute approximate surface area is 125 Å². The molecule has 0 aliphatic heterocycles. The third kappa shape index (κ3) is 3.71. The molecule has 3 heteroatoms. The van der Waals surface area contributed by atoms with E-state index in [1.54, 1.807) is 0 Å². The fourth-order valence-corrected chi connectivity index (χ4v) is 3.58. The number of hydrogen-bond donors (Lipinski definition) is 1. The number of hydrogen-bond acceptors (Lipinski definition) is 2. The standard InChI is InChI=1S/C16H22ClNS/c1-10(2)7-13-14-8-12(17)5-6-15(14)19-16(13)9-18-11(3)4/h5-6,8,10-11,18H,7,9H2,1-4H3. The molecule has 0 bridgehead atoms. The van der Waals surface area contributed by atoms with E-state index in [9.17, 15) is 0 Å². The van der Waals surface area contributed by atoms with Crippen LogP contribution >= 0.6 is 22.9 Å². The van der Waals surface area contributed by atoms with Crippen LogP contribution in [0.2, 0.25) is 5.02 Å². The van der Waals surface area contributed by atoms with E-state index in [1.807, 2.05) is 17.4 Å². The summed E-state index contributed by atoms with van der Waals surface area (Å²) in [5.41, 5.74) is 1.48. The number of halogens is 1. The predicted octanol–water partition coefficient (Wildman–Crippen LogP) is 5.25. The second kappa shape index (κ2) is 6.25. The van der Waals surface area contributed by atoms with Gasteiger partial charge in [0, 0.05) is 27.2 Å². The maximum atomic E-state index is 6.15. The monoisotopic (exact) mass is 295 g/mol. The van der Waals surface area contributed by atoms with Crippen LogP contribution in [0.5, 0.6) is 0 Å². The van der Waals surface area contributed by atoms with Crippen LogP contribution in [0.4, 0.5) is 0 Å². The zero-order valence-corrected chi connectivity index (χ0v) is 13.7. The molecule has 0 spiro atoms. The van der Waals surface area contributed by atoms with Gasteiger partial charge in [-0.25, -0.2) is 0 Å². The molecule has 0 radical (unpaired) electrons. The molecule has 1 N–H and O–H groups in total. The first-order valence-electron chi connectivity index (χ1n) is 6.90. The first kappa shape index (κ1) is 14.8. The van der Waals surface area contributed by atoms with Gasteiger partial charge in [-0.3, -0.25) is 0 Å². The molecule has 1 aromatic heterocycles. The third-order valence-corrected chi connectivity index (χ3v) is 4.57. The van der Waals surface area contributed by atoms with Gasteiger partial charge >= 0.3 is 0 Å². The second-order valence-electron chi connectivity index (χ2n) is 5.78. The highest BCUT2D eigenvalue weighted by molar-refractivity contribution is 7.19. The van der Waals surface area contributed by atoms with Crippen LogP contribution in [0.15, 0.2) is 18.2 Å². The van der Waals surface area contributed by atoms with E-state index in [0.717, 1.165) is 18.0 Å². The SMILES string of the molecule is CC(C)Cc1c(CNC(C)C)sc2ccc(Cl)cc12. The van der Waals surface area contributed by atoms with Crippen LogP contribution in [-0.4, -0.2) is 6.04 Å². The molecule has 19 heavy (non-hydrogen) atoms. The molecule has 0 saturated heterocycles. The van der Waals surface area contributed by atoms with Crippen molar-refractivity contribution in [1.29, 1.82) is 0 Å². The van der Waals surface area contributed by atoms with Crippen molar-refractivity contribution in [1.82, 2.24) is 5.32 Å². The maximum Gasteiger partial charge on any atom is 0.0413 e. The fraction of sp³-hybridized carbons (Fsp3) is 0.500. The molecule has 0 atom stereocenters. The Morgan fingerprint density at radius 1 is 1.21 bits per heavy atom. The summed E-state index contributed by atoms with van der Waals surface area (Å²) in [5.74, 6) is 0.662. The van der Waals surface area contributed by atoms with Gasteiger partial charge in [0.15, 0.2) is 0 Å². The van der Waals surface area contributed by atoms with E-state index < -0.39 is 0 Å². The van der Waals surface area contributed by atoms with Crippen molar-refractivity contribution in [2.24, 2.45) is 5.92 Å². The summed E-state index contributed by atoms with van der Waals surface area (Å²) in [7, 11) is 0. The largest absolute Gasteiger partial charge is 0.310 e. The number of rotatable bonds is 5. The third-order valence-electron chi connectivity index (χ3n) is 3.12. The molecule has 2 aromatic rings. The molecule has 0 aliphatic rings. The first-order chi connectivity index (χ1) is 8.97. The van der Waals surface area contributed by atoms with E-state index in [1.165, 1.54) is 20.5 Å². The number of fused-ring (bicyclic) bond motifs is 1. The normalized spacial score (nSPS) is 11.9. The van der Waals surface area contributed by atoms with E-state index in [-0.39, 0.29) is 0 Å². The fourth-order valence-electron chi connectivity index (χ4n) is 2.24. The summed E-state index contributed by atoms with van der Waals surface area (Å²) in [6.45, 7) is 9.87. The molecular weight excluding hydrogens is 274 g/mol. The van der Waals surface area contributed by atoms with Gasteiger partial charge in [-0.2, -0.15) is 0 Å². The van der Waals surface area contributed by atoms with E-state index in [4.69, 9.17) is 11.6 Å². The number of nitrogens with one attached hydrogen (secondary N) is 1. The van der Waals surface area contributed by atoms with Crippen LogP contribution in [-0.2, 0) is 13.0 Å². The Morgan fingerprint density at radius 2 is 1.95 bits per heavy atom. The van der Waals surface area contributed by atoms with Gasteiger partial charge in [-0.1, -0.05) is 39.3 Å². The van der Waals surface area contributed by atoms with E-state index in [0.29, 0.717) is 12.0 Å². The Kier molecular flexibility index (Phi) is 4.88. The van der Waals surface area contributed by atoms with Gasteiger partial charge in [0.2, 0.25) is 0 Å².